The van der Waals surface area contributed by atoms with E-state index in [0.29, 0.717) is 47.3 Å². The van der Waals surface area contributed by atoms with E-state index in [1.807, 2.05) is 35.6 Å². The average molecular weight is 535 g/mol. The summed E-state index contributed by atoms with van der Waals surface area (Å²) in [7, 11) is 0. The van der Waals surface area contributed by atoms with Gasteiger partial charge in [-0.05, 0) is 43.2 Å². The van der Waals surface area contributed by atoms with Gasteiger partial charge in [0.1, 0.15) is 5.82 Å². The standard InChI is InChI=1S/C28H27FN4O4S/c1-17-26(38-28-30-20-5-2-3-6-21(20)33(17)28)24(34)22-23(18-7-9-19(29)10-8-18)32(27(36)25(22)35)12-4-11-31-13-15-37-16-14-31/h2-3,5-10,23,35H,4,11-16H2,1H3. The van der Waals surface area contributed by atoms with Gasteiger partial charge >= 0.3 is 0 Å². The predicted octanol–water partition coefficient (Wildman–Crippen LogP) is 4.30. The molecule has 1 atom stereocenters. The number of para-hydroxylation sites is 2. The molecule has 1 amide bonds. The Kier molecular flexibility index (Phi) is 6.46. The molecule has 38 heavy (non-hydrogen) atoms. The zero-order chi connectivity index (χ0) is 26.4. The number of aliphatic hydroxyl groups excluding tert-OH is 1. The number of ether oxygens (including phenoxy) is 1. The van der Waals surface area contributed by atoms with E-state index in [0.717, 1.165) is 30.7 Å². The Morgan fingerprint density at radius 2 is 1.87 bits per heavy atom. The highest BCUT2D eigenvalue weighted by Gasteiger charge is 2.44. The minimum atomic E-state index is -0.814. The molecule has 2 aliphatic rings. The number of aryl methyl sites for hydroxylation is 1. The summed E-state index contributed by atoms with van der Waals surface area (Å²) in [5.41, 5.74) is 3.00. The van der Waals surface area contributed by atoms with Crippen molar-refractivity contribution in [2.45, 2.75) is 19.4 Å². The van der Waals surface area contributed by atoms with Crippen LogP contribution in [0, 0.1) is 12.7 Å². The molecule has 196 valence electrons. The van der Waals surface area contributed by atoms with Gasteiger partial charge < -0.3 is 14.7 Å². The first-order valence-electron chi connectivity index (χ1n) is 12.6. The highest BCUT2D eigenvalue weighted by molar-refractivity contribution is 7.19. The number of halogens is 1. The summed E-state index contributed by atoms with van der Waals surface area (Å²) in [6.45, 7) is 5.97. The number of aliphatic hydroxyl groups is 1. The minimum Gasteiger partial charge on any atom is -0.503 e. The summed E-state index contributed by atoms with van der Waals surface area (Å²) in [6, 6.07) is 12.6. The van der Waals surface area contributed by atoms with E-state index in [2.05, 4.69) is 9.88 Å². The predicted molar refractivity (Wildman–Crippen MR) is 142 cm³/mol. The number of morpholine rings is 1. The van der Waals surface area contributed by atoms with Gasteiger partial charge in [0.05, 0.1) is 40.7 Å². The van der Waals surface area contributed by atoms with Crippen LogP contribution in [0.2, 0.25) is 0 Å². The minimum absolute atomic E-state index is 0.0184. The lowest BCUT2D eigenvalue weighted by Crippen LogP contribution is -2.39. The molecule has 0 aliphatic carbocycles. The number of rotatable bonds is 7. The van der Waals surface area contributed by atoms with E-state index in [-0.39, 0.29) is 5.57 Å². The Morgan fingerprint density at radius 1 is 1.13 bits per heavy atom. The lowest BCUT2D eigenvalue weighted by Gasteiger charge is -2.30. The second-order valence-electron chi connectivity index (χ2n) is 9.59. The number of thiazole rings is 1. The van der Waals surface area contributed by atoms with Gasteiger partial charge in [0.2, 0.25) is 5.78 Å². The van der Waals surface area contributed by atoms with E-state index in [1.54, 1.807) is 12.1 Å². The van der Waals surface area contributed by atoms with Gasteiger partial charge in [0.25, 0.3) is 5.91 Å². The molecule has 8 nitrogen and oxygen atoms in total. The number of aromatic nitrogens is 2. The maximum absolute atomic E-state index is 14.0. The maximum Gasteiger partial charge on any atom is 0.290 e. The van der Waals surface area contributed by atoms with Crippen molar-refractivity contribution in [2.24, 2.45) is 0 Å². The van der Waals surface area contributed by atoms with Crippen molar-refractivity contribution >= 4 is 39.0 Å². The van der Waals surface area contributed by atoms with Gasteiger partial charge in [0.15, 0.2) is 10.7 Å². The molecule has 0 bridgehead atoms. The maximum atomic E-state index is 14.0. The van der Waals surface area contributed by atoms with Crippen LogP contribution in [-0.4, -0.2) is 75.4 Å². The number of carbonyl (C=O) groups excluding carboxylic acids is 2. The molecule has 4 heterocycles. The molecule has 10 heteroatoms. The molecule has 2 aliphatic heterocycles. The van der Waals surface area contributed by atoms with Crippen LogP contribution >= 0.6 is 11.3 Å². The summed E-state index contributed by atoms with van der Waals surface area (Å²) < 4.78 is 21.1. The third-order valence-electron chi connectivity index (χ3n) is 7.30. The molecule has 1 fully saturated rings. The Balaban J connectivity index is 1.35. The first-order chi connectivity index (χ1) is 18.4. The summed E-state index contributed by atoms with van der Waals surface area (Å²) in [4.78, 5) is 36.8. The Labute approximate surface area is 222 Å². The van der Waals surface area contributed by atoms with Crippen molar-refractivity contribution < 1.29 is 23.8 Å². The van der Waals surface area contributed by atoms with Crippen LogP contribution in [0.1, 0.15) is 33.4 Å². The van der Waals surface area contributed by atoms with Crippen LogP contribution in [0.25, 0.3) is 16.0 Å². The Morgan fingerprint density at radius 3 is 2.63 bits per heavy atom. The van der Waals surface area contributed by atoms with Crippen LogP contribution in [0.3, 0.4) is 0 Å². The number of amides is 1. The summed E-state index contributed by atoms with van der Waals surface area (Å²) in [6.07, 6.45) is 0.663. The fraction of sp³-hybridized carbons (Fsp3) is 0.321. The molecule has 0 saturated carbocycles. The van der Waals surface area contributed by atoms with Crippen LogP contribution in [0.5, 0.6) is 0 Å². The second kappa shape index (κ2) is 9.94. The topological polar surface area (TPSA) is 87.4 Å². The monoisotopic (exact) mass is 534 g/mol. The highest BCUT2D eigenvalue weighted by Crippen LogP contribution is 2.41. The highest BCUT2D eigenvalue weighted by atomic mass is 32.1. The fourth-order valence-electron chi connectivity index (χ4n) is 5.39. The molecule has 1 N–H and O–H groups in total. The van der Waals surface area contributed by atoms with Gasteiger partial charge in [-0.25, -0.2) is 9.37 Å². The average Bonchev–Trinajstić information content (AvgIpc) is 3.54. The van der Waals surface area contributed by atoms with E-state index < -0.39 is 29.3 Å². The van der Waals surface area contributed by atoms with E-state index >= 15 is 0 Å². The molecule has 1 unspecified atom stereocenters. The second-order valence-corrected chi connectivity index (χ2v) is 10.6. The van der Waals surface area contributed by atoms with Gasteiger partial charge in [-0.1, -0.05) is 35.6 Å². The van der Waals surface area contributed by atoms with Crippen molar-refractivity contribution in [3.63, 3.8) is 0 Å². The van der Waals surface area contributed by atoms with Crippen molar-refractivity contribution in [3.8, 4) is 0 Å². The normalized spacial score (nSPS) is 18.8. The largest absolute Gasteiger partial charge is 0.503 e. The van der Waals surface area contributed by atoms with Gasteiger partial charge in [-0.2, -0.15) is 0 Å². The van der Waals surface area contributed by atoms with Crippen LogP contribution in [0.4, 0.5) is 4.39 Å². The molecular weight excluding hydrogens is 507 g/mol. The molecule has 2 aromatic heterocycles. The number of hydrogen-bond donors (Lipinski definition) is 1. The molecule has 6 rings (SSSR count). The third kappa shape index (κ3) is 4.18. The van der Waals surface area contributed by atoms with Crippen molar-refractivity contribution in [3.05, 3.63) is 81.8 Å². The number of benzene rings is 2. The number of nitrogens with zero attached hydrogens (tertiary/aromatic N) is 4. The van der Waals surface area contributed by atoms with Gasteiger partial charge in [-0.3, -0.25) is 18.9 Å². The number of hydrogen-bond acceptors (Lipinski definition) is 7. The van der Waals surface area contributed by atoms with Gasteiger partial charge in [-0.15, -0.1) is 0 Å². The molecule has 0 spiro atoms. The van der Waals surface area contributed by atoms with Crippen molar-refractivity contribution in [2.75, 3.05) is 39.4 Å². The van der Waals surface area contributed by atoms with Crippen molar-refractivity contribution in [1.29, 1.82) is 0 Å². The number of imidazole rings is 1. The molecule has 1 saturated heterocycles. The fourth-order valence-corrected chi connectivity index (χ4v) is 6.49. The Bertz CT molecular complexity index is 1570. The zero-order valence-electron chi connectivity index (χ0n) is 20.9. The molecule has 4 aromatic rings. The van der Waals surface area contributed by atoms with E-state index in [1.165, 1.54) is 28.4 Å². The molecular formula is C28H27FN4O4S. The third-order valence-corrected chi connectivity index (χ3v) is 8.45. The number of ketones is 1. The first-order valence-corrected chi connectivity index (χ1v) is 13.5. The van der Waals surface area contributed by atoms with E-state index in [9.17, 15) is 19.1 Å². The zero-order valence-corrected chi connectivity index (χ0v) is 21.7. The van der Waals surface area contributed by atoms with E-state index in [4.69, 9.17) is 4.74 Å². The smallest absolute Gasteiger partial charge is 0.290 e. The Hall–Kier alpha value is -3.60. The number of carbonyl (C=O) groups is 2. The quantitative estimate of drug-likeness (QED) is 0.356. The summed E-state index contributed by atoms with van der Waals surface area (Å²) >= 11 is 1.23. The number of fused-ring (bicyclic) bond motifs is 3. The summed E-state index contributed by atoms with van der Waals surface area (Å²) in [5, 5.41) is 11.0. The number of Topliss-reactive ketones (excluding diaryl/α,β-unsaturated/α-hetero) is 1. The first kappa shape index (κ1) is 24.7. The lowest BCUT2D eigenvalue weighted by molar-refractivity contribution is -0.129. The van der Waals surface area contributed by atoms with Crippen molar-refractivity contribution in [1.82, 2.24) is 19.2 Å². The van der Waals surface area contributed by atoms with Crippen LogP contribution in [0.15, 0.2) is 59.9 Å². The molecule has 2 aromatic carbocycles. The van der Waals surface area contributed by atoms with Gasteiger partial charge in [0, 0.05) is 31.9 Å². The SMILES string of the molecule is Cc1c(C(=O)C2=C(O)C(=O)N(CCCN3CCOCC3)C2c2ccc(F)cc2)sc2nc3ccccc3n12. The molecule has 0 radical (unpaired) electrons. The lowest BCUT2D eigenvalue weighted by atomic mass is 9.95. The summed E-state index contributed by atoms with van der Waals surface area (Å²) in [5.74, 6) is -1.97. The van der Waals surface area contributed by atoms with Crippen LogP contribution < -0.4 is 0 Å². The van der Waals surface area contributed by atoms with Crippen LogP contribution in [-0.2, 0) is 9.53 Å².